The summed E-state index contributed by atoms with van der Waals surface area (Å²) in [6.07, 6.45) is 1.62. The van der Waals surface area contributed by atoms with E-state index in [-0.39, 0.29) is 17.2 Å². The van der Waals surface area contributed by atoms with Crippen molar-refractivity contribution in [2.45, 2.75) is 0 Å². The second-order valence-electron chi connectivity index (χ2n) is 4.27. The highest BCUT2D eigenvalue weighted by Gasteiger charge is 2.09. The Labute approximate surface area is 109 Å². The lowest BCUT2D eigenvalue weighted by molar-refractivity contribution is 0.405. The first-order chi connectivity index (χ1) is 9.15. The smallest absolute Gasteiger partial charge is 0.158 e. The van der Waals surface area contributed by atoms with Gasteiger partial charge < -0.3 is 15.3 Å². The summed E-state index contributed by atoms with van der Waals surface area (Å²) in [5.41, 5.74) is 1.39. The molecule has 0 atom stereocenters. The number of phenols is 3. The van der Waals surface area contributed by atoms with Crippen molar-refractivity contribution in [2.75, 3.05) is 0 Å². The summed E-state index contributed by atoms with van der Waals surface area (Å²) in [6.45, 7) is 0. The fourth-order valence-corrected chi connectivity index (χ4v) is 2.08. The highest BCUT2D eigenvalue weighted by molar-refractivity contribution is 5.96. The molecule has 0 aliphatic heterocycles. The molecule has 0 saturated heterocycles. The minimum absolute atomic E-state index is 0.152. The van der Waals surface area contributed by atoms with Crippen molar-refractivity contribution in [3.8, 4) is 28.5 Å². The predicted molar refractivity (Wildman–Crippen MR) is 72.2 cm³/mol. The van der Waals surface area contributed by atoms with E-state index in [4.69, 9.17) is 0 Å². The van der Waals surface area contributed by atoms with Gasteiger partial charge in [-0.15, -0.1) is 0 Å². The Morgan fingerprint density at radius 1 is 0.842 bits per heavy atom. The maximum atomic E-state index is 9.62. The standard InChI is InChI=1S/C15H11NO3/c17-11-3-1-2-10(6-11)15-12-8-14(19)13(18)7-9(12)4-5-16-15/h1-8,17-19H. The van der Waals surface area contributed by atoms with Gasteiger partial charge in [0.1, 0.15) is 5.75 Å². The summed E-state index contributed by atoms with van der Waals surface area (Å²) >= 11 is 0. The van der Waals surface area contributed by atoms with Crippen LogP contribution < -0.4 is 0 Å². The zero-order chi connectivity index (χ0) is 13.4. The van der Waals surface area contributed by atoms with Crippen molar-refractivity contribution >= 4 is 10.8 Å². The van der Waals surface area contributed by atoms with Crippen LogP contribution in [0.2, 0.25) is 0 Å². The molecule has 0 aliphatic rings. The van der Waals surface area contributed by atoms with Crippen molar-refractivity contribution in [3.63, 3.8) is 0 Å². The van der Waals surface area contributed by atoms with Crippen LogP contribution in [0.1, 0.15) is 0 Å². The van der Waals surface area contributed by atoms with E-state index >= 15 is 0 Å². The van der Waals surface area contributed by atoms with Gasteiger partial charge in [0, 0.05) is 17.1 Å². The van der Waals surface area contributed by atoms with Gasteiger partial charge in [-0.2, -0.15) is 0 Å². The average Bonchev–Trinajstić information content (AvgIpc) is 2.39. The number of hydrogen-bond donors (Lipinski definition) is 3. The SMILES string of the molecule is Oc1cccc(-c2nccc3cc(O)c(O)cc23)c1. The number of hydrogen-bond acceptors (Lipinski definition) is 4. The van der Waals surface area contributed by atoms with E-state index in [2.05, 4.69) is 4.98 Å². The summed E-state index contributed by atoms with van der Waals surface area (Å²) < 4.78 is 0. The van der Waals surface area contributed by atoms with E-state index in [0.29, 0.717) is 11.1 Å². The molecule has 4 nitrogen and oxygen atoms in total. The molecular formula is C15H11NO3. The molecule has 0 unspecified atom stereocenters. The molecule has 2 aromatic carbocycles. The van der Waals surface area contributed by atoms with Gasteiger partial charge in [-0.1, -0.05) is 12.1 Å². The van der Waals surface area contributed by atoms with Crippen LogP contribution >= 0.6 is 0 Å². The number of benzene rings is 2. The summed E-state index contributed by atoms with van der Waals surface area (Å²) in [5.74, 6) is -0.207. The van der Waals surface area contributed by atoms with Crippen LogP contribution in [0.5, 0.6) is 17.2 Å². The minimum Gasteiger partial charge on any atom is -0.508 e. The Kier molecular flexibility index (Phi) is 2.49. The number of nitrogens with zero attached hydrogens (tertiary/aromatic N) is 1. The quantitative estimate of drug-likeness (QED) is 0.583. The van der Waals surface area contributed by atoms with Crippen molar-refractivity contribution < 1.29 is 15.3 Å². The topological polar surface area (TPSA) is 73.6 Å². The molecular weight excluding hydrogens is 242 g/mol. The van der Waals surface area contributed by atoms with E-state index in [1.165, 1.54) is 12.1 Å². The average molecular weight is 253 g/mol. The number of fused-ring (bicyclic) bond motifs is 1. The van der Waals surface area contributed by atoms with Gasteiger partial charge >= 0.3 is 0 Å². The maximum absolute atomic E-state index is 9.62. The molecule has 1 aromatic heterocycles. The van der Waals surface area contributed by atoms with Gasteiger partial charge in [-0.25, -0.2) is 0 Å². The third-order valence-corrected chi connectivity index (χ3v) is 2.98. The molecule has 3 rings (SSSR count). The van der Waals surface area contributed by atoms with E-state index in [1.807, 2.05) is 6.07 Å². The lowest BCUT2D eigenvalue weighted by Crippen LogP contribution is -1.86. The maximum Gasteiger partial charge on any atom is 0.158 e. The van der Waals surface area contributed by atoms with Crippen LogP contribution in [0.4, 0.5) is 0 Å². The Morgan fingerprint density at radius 2 is 1.63 bits per heavy atom. The van der Waals surface area contributed by atoms with Gasteiger partial charge in [0.05, 0.1) is 5.69 Å². The minimum atomic E-state index is -0.193. The Hall–Kier alpha value is -2.75. The van der Waals surface area contributed by atoms with Crippen molar-refractivity contribution in [1.29, 1.82) is 0 Å². The van der Waals surface area contributed by atoms with Crippen LogP contribution in [0.15, 0.2) is 48.7 Å². The Balaban J connectivity index is 2.32. The molecule has 0 radical (unpaired) electrons. The number of phenolic OH excluding ortho intramolecular Hbond substituents is 3. The zero-order valence-electron chi connectivity index (χ0n) is 9.91. The molecule has 3 N–H and O–H groups in total. The molecule has 1 heterocycles. The molecule has 0 bridgehead atoms. The third-order valence-electron chi connectivity index (χ3n) is 2.98. The molecule has 3 aromatic rings. The Bertz CT molecular complexity index is 768. The third kappa shape index (κ3) is 1.93. The summed E-state index contributed by atoms with van der Waals surface area (Å²) in [6, 6.07) is 11.4. The molecule has 0 amide bonds. The van der Waals surface area contributed by atoms with Gasteiger partial charge in [0.15, 0.2) is 11.5 Å². The van der Waals surface area contributed by atoms with E-state index in [9.17, 15) is 15.3 Å². The predicted octanol–water partition coefficient (Wildman–Crippen LogP) is 3.02. The van der Waals surface area contributed by atoms with Crippen LogP contribution in [0, 0.1) is 0 Å². The first-order valence-electron chi connectivity index (χ1n) is 5.75. The lowest BCUT2D eigenvalue weighted by atomic mass is 10.0. The first-order valence-corrected chi connectivity index (χ1v) is 5.75. The van der Waals surface area contributed by atoms with E-state index in [1.54, 1.807) is 30.5 Å². The fourth-order valence-electron chi connectivity index (χ4n) is 2.08. The van der Waals surface area contributed by atoms with Gasteiger partial charge in [-0.05, 0) is 35.7 Å². The van der Waals surface area contributed by atoms with Gasteiger partial charge in [0.2, 0.25) is 0 Å². The highest BCUT2D eigenvalue weighted by Crippen LogP contribution is 2.35. The Morgan fingerprint density at radius 3 is 2.42 bits per heavy atom. The van der Waals surface area contributed by atoms with Crippen molar-refractivity contribution in [2.24, 2.45) is 0 Å². The zero-order valence-corrected chi connectivity index (χ0v) is 9.91. The molecule has 0 saturated carbocycles. The number of aromatic nitrogens is 1. The van der Waals surface area contributed by atoms with E-state index < -0.39 is 0 Å². The highest BCUT2D eigenvalue weighted by atomic mass is 16.3. The molecule has 0 fully saturated rings. The van der Waals surface area contributed by atoms with Crippen LogP contribution in [0.25, 0.3) is 22.0 Å². The molecule has 4 heteroatoms. The largest absolute Gasteiger partial charge is 0.508 e. The normalized spacial score (nSPS) is 10.7. The van der Waals surface area contributed by atoms with Crippen molar-refractivity contribution in [3.05, 3.63) is 48.7 Å². The summed E-state index contributed by atoms with van der Waals surface area (Å²) in [5, 5.41) is 30.1. The number of rotatable bonds is 1. The first kappa shape index (κ1) is 11.3. The van der Waals surface area contributed by atoms with Gasteiger partial charge in [-0.3, -0.25) is 4.98 Å². The number of aromatic hydroxyl groups is 3. The van der Waals surface area contributed by atoms with Crippen LogP contribution in [0.3, 0.4) is 0 Å². The summed E-state index contributed by atoms with van der Waals surface area (Å²) in [4.78, 5) is 4.29. The van der Waals surface area contributed by atoms with E-state index in [0.717, 1.165) is 10.9 Å². The molecule has 19 heavy (non-hydrogen) atoms. The molecule has 94 valence electrons. The van der Waals surface area contributed by atoms with Gasteiger partial charge in [0.25, 0.3) is 0 Å². The summed E-state index contributed by atoms with van der Waals surface area (Å²) in [7, 11) is 0. The second-order valence-corrected chi connectivity index (χ2v) is 4.27. The molecule has 0 aliphatic carbocycles. The second kappa shape index (κ2) is 4.17. The lowest BCUT2D eigenvalue weighted by Gasteiger charge is -2.07. The van der Waals surface area contributed by atoms with Crippen molar-refractivity contribution in [1.82, 2.24) is 4.98 Å². The number of pyridine rings is 1. The molecule has 0 spiro atoms. The van der Waals surface area contributed by atoms with Crippen LogP contribution in [-0.2, 0) is 0 Å². The van der Waals surface area contributed by atoms with Crippen LogP contribution in [-0.4, -0.2) is 20.3 Å². The fraction of sp³-hybridized carbons (Fsp3) is 0. The monoisotopic (exact) mass is 253 g/mol.